The van der Waals surface area contributed by atoms with Gasteiger partial charge >= 0.3 is 0 Å². The topological polar surface area (TPSA) is 29.1 Å². The minimum Gasteiger partial charge on any atom is -0.358 e. The van der Waals surface area contributed by atoms with Crippen LogP contribution >= 0.6 is 15.9 Å². The highest BCUT2D eigenvalue weighted by atomic mass is 79.9. The maximum absolute atomic E-state index is 9.90. The molecule has 0 aromatic carbocycles. The number of hydrogen-bond donors (Lipinski definition) is 1. The van der Waals surface area contributed by atoms with E-state index < -0.39 is 0 Å². The van der Waals surface area contributed by atoms with E-state index in [0.717, 1.165) is 6.41 Å². The Kier molecular flexibility index (Phi) is 3.94. The highest BCUT2D eigenvalue weighted by molar-refractivity contribution is 9.09. The van der Waals surface area contributed by atoms with Crippen molar-refractivity contribution in [3.05, 3.63) is 0 Å². The molecule has 1 amide bonds. The Bertz CT molecular complexity index is 109. The van der Waals surface area contributed by atoms with E-state index >= 15 is 0 Å². The maximum atomic E-state index is 9.90. The largest absolute Gasteiger partial charge is 0.358 e. The van der Waals surface area contributed by atoms with Gasteiger partial charge in [-0.2, -0.15) is 0 Å². The average Bonchev–Trinajstić information content (AvgIpc) is 1.80. The first kappa shape index (κ1) is 9.95. The average molecular weight is 208 g/mol. The fourth-order valence-corrected chi connectivity index (χ4v) is 0.645. The Morgan fingerprint density at radius 1 is 1.60 bits per heavy atom. The van der Waals surface area contributed by atoms with Gasteiger partial charge in [-0.15, -0.1) is 0 Å². The minimum atomic E-state index is 0.204. The van der Waals surface area contributed by atoms with Crippen molar-refractivity contribution in [3.63, 3.8) is 0 Å². The molecular weight excluding hydrogens is 194 g/mol. The Morgan fingerprint density at radius 2 is 2.10 bits per heavy atom. The van der Waals surface area contributed by atoms with Crippen molar-refractivity contribution in [2.24, 2.45) is 5.41 Å². The summed E-state index contributed by atoms with van der Waals surface area (Å²) in [6.07, 6.45) is 0.722. The highest BCUT2D eigenvalue weighted by Crippen LogP contribution is 2.24. The van der Waals surface area contributed by atoms with Crippen molar-refractivity contribution < 1.29 is 4.79 Å². The van der Waals surface area contributed by atoms with Crippen LogP contribution in [0, 0.1) is 5.41 Å². The van der Waals surface area contributed by atoms with Crippen molar-refractivity contribution in [2.75, 3.05) is 6.54 Å². The van der Waals surface area contributed by atoms with Crippen molar-refractivity contribution >= 4 is 22.3 Å². The second-order valence-electron chi connectivity index (χ2n) is 3.36. The number of carbonyl (C=O) groups is 1. The van der Waals surface area contributed by atoms with Crippen molar-refractivity contribution in [2.45, 2.75) is 25.6 Å². The molecule has 2 nitrogen and oxygen atoms in total. The third-order valence-corrected chi connectivity index (χ3v) is 3.02. The molecule has 3 heteroatoms. The third-order valence-electron chi connectivity index (χ3n) is 1.32. The molecule has 10 heavy (non-hydrogen) atoms. The van der Waals surface area contributed by atoms with E-state index in [1.165, 1.54) is 0 Å². The minimum absolute atomic E-state index is 0.204. The molecule has 0 fully saturated rings. The molecule has 0 aliphatic heterocycles. The van der Waals surface area contributed by atoms with Crippen molar-refractivity contribution in [3.8, 4) is 0 Å². The van der Waals surface area contributed by atoms with Gasteiger partial charge < -0.3 is 5.32 Å². The van der Waals surface area contributed by atoms with Gasteiger partial charge in [0.15, 0.2) is 0 Å². The molecule has 0 aliphatic carbocycles. The molecule has 1 N–H and O–H groups in total. The van der Waals surface area contributed by atoms with Crippen LogP contribution in [0.4, 0.5) is 0 Å². The van der Waals surface area contributed by atoms with Crippen LogP contribution in [0.25, 0.3) is 0 Å². The summed E-state index contributed by atoms with van der Waals surface area (Å²) < 4.78 is 0. The first-order valence-electron chi connectivity index (χ1n) is 3.29. The molecule has 1 atom stereocenters. The lowest BCUT2D eigenvalue weighted by Gasteiger charge is -2.24. The molecule has 0 aromatic heterocycles. The fourth-order valence-electron chi connectivity index (χ4n) is 0.458. The number of carbonyl (C=O) groups excluding carboxylic acids is 1. The second-order valence-corrected chi connectivity index (χ2v) is 4.46. The first-order chi connectivity index (χ1) is 4.48. The Hall–Kier alpha value is -0.0500. The van der Waals surface area contributed by atoms with Gasteiger partial charge in [0, 0.05) is 11.4 Å². The monoisotopic (exact) mass is 207 g/mol. The summed E-state index contributed by atoms with van der Waals surface area (Å²) in [5.41, 5.74) is 0.204. The number of amides is 1. The summed E-state index contributed by atoms with van der Waals surface area (Å²) in [5.74, 6) is 0. The fraction of sp³-hybridized carbons (Fsp3) is 0.857. The zero-order chi connectivity index (χ0) is 8.20. The third kappa shape index (κ3) is 3.88. The van der Waals surface area contributed by atoms with Gasteiger partial charge in [0.25, 0.3) is 0 Å². The summed E-state index contributed by atoms with van der Waals surface area (Å²) >= 11 is 3.48. The standard InChI is InChI=1S/C7H14BrNO/c1-7(2,3)6(8)4-9-5-10/h5-6H,4H2,1-3H3,(H,9,10). The molecule has 0 aliphatic rings. The molecule has 0 spiro atoms. The summed E-state index contributed by atoms with van der Waals surface area (Å²) in [4.78, 5) is 10.2. The lowest BCUT2D eigenvalue weighted by atomic mass is 9.92. The number of hydrogen-bond acceptors (Lipinski definition) is 1. The molecular formula is C7H14BrNO. The van der Waals surface area contributed by atoms with E-state index in [2.05, 4.69) is 42.0 Å². The first-order valence-corrected chi connectivity index (χ1v) is 4.21. The van der Waals surface area contributed by atoms with E-state index in [4.69, 9.17) is 0 Å². The van der Waals surface area contributed by atoms with Crippen LogP contribution in [-0.4, -0.2) is 17.8 Å². The summed E-state index contributed by atoms with van der Waals surface area (Å²) in [6.45, 7) is 7.06. The quantitative estimate of drug-likeness (QED) is 0.553. The van der Waals surface area contributed by atoms with Crippen LogP contribution in [0.5, 0.6) is 0 Å². The molecule has 0 radical (unpaired) electrons. The van der Waals surface area contributed by atoms with Gasteiger partial charge in [-0.3, -0.25) is 4.79 Å². The molecule has 0 bridgehead atoms. The molecule has 0 rings (SSSR count). The Balaban J connectivity index is 3.61. The number of rotatable bonds is 3. The van der Waals surface area contributed by atoms with E-state index in [9.17, 15) is 4.79 Å². The molecule has 0 heterocycles. The normalized spacial score (nSPS) is 14.4. The number of nitrogens with one attached hydrogen (secondary N) is 1. The number of alkyl halides is 1. The van der Waals surface area contributed by atoms with Gasteiger partial charge in [0.1, 0.15) is 0 Å². The maximum Gasteiger partial charge on any atom is 0.207 e. The van der Waals surface area contributed by atoms with E-state index in [1.807, 2.05) is 0 Å². The Morgan fingerprint density at radius 3 is 2.40 bits per heavy atom. The number of halogens is 1. The van der Waals surface area contributed by atoms with Gasteiger partial charge in [0.05, 0.1) is 0 Å². The molecule has 60 valence electrons. The zero-order valence-corrected chi connectivity index (χ0v) is 8.23. The smallest absolute Gasteiger partial charge is 0.207 e. The van der Waals surface area contributed by atoms with E-state index in [0.29, 0.717) is 11.4 Å². The Labute approximate surface area is 70.5 Å². The van der Waals surface area contributed by atoms with Crippen LogP contribution in [-0.2, 0) is 4.79 Å². The summed E-state index contributed by atoms with van der Waals surface area (Å²) in [7, 11) is 0. The highest BCUT2D eigenvalue weighted by Gasteiger charge is 2.20. The molecule has 0 saturated carbocycles. The zero-order valence-electron chi connectivity index (χ0n) is 6.65. The summed E-state index contributed by atoms with van der Waals surface area (Å²) in [5, 5.41) is 2.63. The summed E-state index contributed by atoms with van der Waals surface area (Å²) in [6, 6.07) is 0. The predicted octanol–water partition coefficient (Wildman–Crippen LogP) is 1.54. The van der Waals surface area contributed by atoms with Gasteiger partial charge in [-0.1, -0.05) is 36.7 Å². The van der Waals surface area contributed by atoms with Crippen LogP contribution in [0.3, 0.4) is 0 Å². The molecule has 0 aromatic rings. The van der Waals surface area contributed by atoms with Crippen molar-refractivity contribution in [1.82, 2.24) is 5.32 Å². The molecule has 0 saturated heterocycles. The SMILES string of the molecule is CC(C)(C)C(Br)CNC=O. The second kappa shape index (κ2) is 3.96. The van der Waals surface area contributed by atoms with Crippen LogP contribution in [0.15, 0.2) is 0 Å². The van der Waals surface area contributed by atoms with Crippen LogP contribution in [0.1, 0.15) is 20.8 Å². The van der Waals surface area contributed by atoms with Gasteiger partial charge in [-0.25, -0.2) is 0 Å². The van der Waals surface area contributed by atoms with Crippen LogP contribution in [0.2, 0.25) is 0 Å². The van der Waals surface area contributed by atoms with Crippen molar-refractivity contribution in [1.29, 1.82) is 0 Å². The molecule has 1 unspecified atom stereocenters. The lowest BCUT2D eigenvalue weighted by molar-refractivity contribution is -0.109. The van der Waals surface area contributed by atoms with E-state index in [-0.39, 0.29) is 5.41 Å². The van der Waals surface area contributed by atoms with E-state index in [1.54, 1.807) is 0 Å². The van der Waals surface area contributed by atoms with Crippen LogP contribution < -0.4 is 5.32 Å². The van der Waals surface area contributed by atoms with Gasteiger partial charge in [0.2, 0.25) is 6.41 Å². The predicted molar refractivity (Wildman–Crippen MR) is 46.2 cm³/mol. The lowest BCUT2D eigenvalue weighted by Crippen LogP contribution is -2.31. The van der Waals surface area contributed by atoms with Gasteiger partial charge in [-0.05, 0) is 5.41 Å².